The highest BCUT2D eigenvalue weighted by molar-refractivity contribution is 5.81. The van der Waals surface area contributed by atoms with Gasteiger partial charge in [0, 0.05) is 24.4 Å². The van der Waals surface area contributed by atoms with Crippen molar-refractivity contribution in [1.29, 1.82) is 0 Å². The molecular formula is C15H23N3O. The van der Waals surface area contributed by atoms with Crippen molar-refractivity contribution in [2.75, 3.05) is 0 Å². The zero-order valence-corrected chi connectivity index (χ0v) is 11.6. The van der Waals surface area contributed by atoms with Gasteiger partial charge in [0.2, 0.25) is 5.91 Å². The van der Waals surface area contributed by atoms with Gasteiger partial charge in [0.25, 0.3) is 0 Å². The number of carbonyl (C=O) groups excluding carboxylic acids is 1. The van der Waals surface area contributed by atoms with Crippen LogP contribution in [0.25, 0.3) is 0 Å². The molecule has 104 valence electrons. The van der Waals surface area contributed by atoms with Crippen molar-refractivity contribution in [1.82, 2.24) is 10.4 Å². The number of nitrogens with zero attached hydrogens (tertiary/aromatic N) is 2. The van der Waals surface area contributed by atoms with Crippen molar-refractivity contribution in [3.8, 4) is 0 Å². The molecule has 4 nitrogen and oxygen atoms in total. The van der Waals surface area contributed by atoms with Gasteiger partial charge in [0.15, 0.2) is 0 Å². The van der Waals surface area contributed by atoms with Gasteiger partial charge in [-0.15, -0.1) is 0 Å². The van der Waals surface area contributed by atoms with Crippen LogP contribution in [-0.4, -0.2) is 17.1 Å². The van der Waals surface area contributed by atoms with E-state index < -0.39 is 0 Å². The van der Waals surface area contributed by atoms with Gasteiger partial charge >= 0.3 is 0 Å². The van der Waals surface area contributed by atoms with Crippen molar-refractivity contribution >= 4 is 12.1 Å². The van der Waals surface area contributed by atoms with Crippen molar-refractivity contribution < 1.29 is 4.79 Å². The summed E-state index contributed by atoms with van der Waals surface area (Å²) in [6, 6.07) is 3.72. The average Bonchev–Trinajstić information content (AvgIpc) is 2.44. The molecule has 19 heavy (non-hydrogen) atoms. The zero-order chi connectivity index (χ0) is 13.8. The first-order valence-electron chi connectivity index (χ1n) is 7.05. The molecular weight excluding hydrogens is 238 g/mol. The molecule has 0 bridgehead atoms. The third-order valence-electron chi connectivity index (χ3n) is 2.84. The lowest BCUT2D eigenvalue weighted by Crippen LogP contribution is -2.16. The Hall–Kier alpha value is -1.71. The first-order valence-corrected chi connectivity index (χ1v) is 7.05. The van der Waals surface area contributed by atoms with Crippen LogP contribution in [0, 0.1) is 0 Å². The third kappa shape index (κ3) is 8.08. The van der Waals surface area contributed by atoms with Crippen LogP contribution in [-0.2, 0) is 4.79 Å². The molecule has 0 aliphatic heterocycles. The number of pyridine rings is 1. The number of nitrogens with one attached hydrogen (secondary N) is 1. The Morgan fingerprint density at radius 1 is 1.32 bits per heavy atom. The topological polar surface area (TPSA) is 54.4 Å². The maximum atomic E-state index is 11.5. The maximum absolute atomic E-state index is 11.5. The number of hydrazone groups is 1. The zero-order valence-electron chi connectivity index (χ0n) is 11.6. The predicted octanol–water partition coefficient (Wildman–Crippen LogP) is 3.28. The molecule has 1 amide bonds. The molecule has 1 heterocycles. The van der Waals surface area contributed by atoms with E-state index in [2.05, 4.69) is 22.4 Å². The summed E-state index contributed by atoms with van der Waals surface area (Å²) in [4.78, 5) is 15.4. The normalized spacial score (nSPS) is 10.8. The van der Waals surface area contributed by atoms with Crippen molar-refractivity contribution in [2.45, 2.75) is 51.9 Å². The van der Waals surface area contributed by atoms with Crippen LogP contribution in [0.15, 0.2) is 29.6 Å². The Balaban J connectivity index is 2.06. The minimum atomic E-state index is -0.0179. The fourth-order valence-corrected chi connectivity index (χ4v) is 1.75. The van der Waals surface area contributed by atoms with E-state index in [1.54, 1.807) is 18.6 Å². The molecule has 1 N–H and O–H groups in total. The van der Waals surface area contributed by atoms with Gasteiger partial charge in [-0.2, -0.15) is 5.10 Å². The van der Waals surface area contributed by atoms with E-state index in [1.165, 1.54) is 25.7 Å². The fraction of sp³-hybridized carbons (Fsp3) is 0.533. The number of carbonyl (C=O) groups is 1. The van der Waals surface area contributed by atoms with E-state index in [0.717, 1.165) is 18.4 Å². The minimum Gasteiger partial charge on any atom is -0.273 e. The molecule has 0 radical (unpaired) electrons. The lowest BCUT2D eigenvalue weighted by molar-refractivity contribution is -0.121. The second kappa shape index (κ2) is 10.2. The SMILES string of the molecule is CCCCCCCCC(=O)N/N=C/c1cccnc1. The Morgan fingerprint density at radius 3 is 2.84 bits per heavy atom. The largest absolute Gasteiger partial charge is 0.273 e. The van der Waals surface area contributed by atoms with Crippen LogP contribution in [0.3, 0.4) is 0 Å². The number of hydrogen-bond acceptors (Lipinski definition) is 3. The Kier molecular flexibility index (Phi) is 8.27. The summed E-state index contributed by atoms with van der Waals surface area (Å²) in [5.74, 6) is -0.0179. The smallest absolute Gasteiger partial charge is 0.240 e. The standard InChI is InChI=1S/C15H23N3O/c1-2-3-4-5-6-7-10-15(19)18-17-13-14-9-8-11-16-12-14/h8-9,11-13H,2-7,10H2,1H3,(H,18,19)/b17-13+. The summed E-state index contributed by atoms with van der Waals surface area (Å²) in [5.41, 5.74) is 3.41. The van der Waals surface area contributed by atoms with Gasteiger partial charge in [-0.05, 0) is 12.5 Å². The number of rotatable bonds is 9. The number of hydrogen-bond donors (Lipinski definition) is 1. The molecule has 0 fully saturated rings. The molecule has 1 rings (SSSR count). The summed E-state index contributed by atoms with van der Waals surface area (Å²) >= 11 is 0. The second-order valence-corrected chi connectivity index (χ2v) is 4.60. The summed E-state index contributed by atoms with van der Waals surface area (Å²) in [6.07, 6.45) is 12.7. The maximum Gasteiger partial charge on any atom is 0.240 e. The lowest BCUT2D eigenvalue weighted by Gasteiger charge is -2.00. The Labute approximate surface area is 115 Å². The molecule has 1 aromatic heterocycles. The third-order valence-corrected chi connectivity index (χ3v) is 2.84. The highest BCUT2D eigenvalue weighted by atomic mass is 16.2. The van der Waals surface area contributed by atoms with Crippen molar-refractivity contribution in [3.63, 3.8) is 0 Å². The van der Waals surface area contributed by atoms with Crippen LogP contribution in [0.1, 0.15) is 57.4 Å². The van der Waals surface area contributed by atoms with Crippen molar-refractivity contribution in [3.05, 3.63) is 30.1 Å². The highest BCUT2D eigenvalue weighted by Gasteiger charge is 1.98. The number of aromatic nitrogens is 1. The van der Waals surface area contributed by atoms with Gasteiger partial charge in [-0.1, -0.05) is 45.1 Å². The molecule has 0 spiro atoms. The lowest BCUT2D eigenvalue weighted by atomic mass is 10.1. The molecule has 0 aliphatic carbocycles. The summed E-state index contributed by atoms with van der Waals surface area (Å²) in [7, 11) is 0. The molecule has 0 atom stereocenters. The molecule has 0 saturated carbocycles. The van der Waals surface area contributed by atoms with Crippen LogP contribution < -0.4 is 5.43 Å². The quantitative estimate of drug-likeness (QED) is 0.421. The van der Waals surface area contributed by atoms with E-state index in [9.17, 15) is 4.79 Å². The fourth-order valence-electron chi connectivity index (χ4n) is 1.75. The molecule has 0 aliphatic rings. The summed E-state index contributed by atoms with van der Waals surface area (Å²) < 4.78 is 0. The number of unbranched alkanes of at least 4 members (excludes halogenated alkanes) is 5. The van der Waals surface area contributed by atoms with E-state index in [-0.39, 0.29) is 5.91 Å². The molecule has 0 unspecified atom stereocenters. The first kappa shape index (κ1) is 15.3. The Morgan fingerprint density at radius 2 is 2.11 bits per heavy atom. The molecule has 0 aromatic carbocycles. The van der Waals surface area contributed by atoms with E-state index in [4.69, 9.17) is 0 Å². The van der Waals surface area contributed by atoms with E-state index in [1.807, 2.05) is 12.1 Å². The predicted molar refractivity (Wildman–Crippen MR) is 78.0 cm³/mol. The van der Waals surface area contributed by atoms with Crippen molar-refractivity contribution in [2.24, 2.45) is 5.10 Å². The van der Waals surface area contributed by atoms with Gasteiger partial charge in [-0.3, -0.25) is 9.78 Å². The summed E-state index contributed by atoms with van der Waals surface area (Å²) in [6.45, 7) is 2.20. The first-order chi connectivity index (χ1) is 9.33. The van der Waals surface area contributed by atoms with Crippen LogP contribution in [0.2, 0.25) is 0 Å². The minimum absolute atomic E-state index is 0.0179. The van der Waals surface area contributed by atoms with Crippen LogP contribution in [0.4, 0.5) is 0 Å². The monoisotopic (exact) mass is 261 g/mol. The van der Waals surface area contributed by atoms with Gasteiger partial charge in [0.05, 0.1) is 6.21 Å². The second-order valence-electron chi connectivity index (χ2n) is 4.60. The number of amides is 1. The molecule has 0 saturated heterocycles. The molecule has 4 heteroatoms. The highest BCUT2D eigenvalue weighted by Crippen LogP contribution is 2.06. The van der Waals surface area contributed by atoms with E-state index in [0.29, 0.717) is 6.42 Å². The average molecular weight is 261 g/mol. The van der Waals surface area contributed by atoms with Crippen LogP contribution in [0.5, 0.6) is 0 Å². The van der Waals surface area contributed by atoms with Gasteiger partial charge < -0.3 is 0 Å². The summed E-state index contributed by atoms with van der Waals surface area (Å²) in [5, 5.41) is 3.91. The van der Waals surface area contributed by atoms with Gasteiger partial charge in [-0.25, -0.2) is 5.43 Å². The van der Waals surface area contributed by atoms with Gasteiger partial charge in [0.1, 0.15) is 0 Å². The molecule has 1 aromatic rings. The Bertz CT molecular complexity index is 376. The van der Waals surface area contributed by atoms with E-state index >= 15 is 0 Å². The van der Waals surface area contributed by atoms with Crippen LogP contribution >= 0.6 is 0 Å².